The van der Waals surface area contributed by atoms with Gasteiger partial charge in [0.1, 0.15) is 5.82 Å². The number of amides is 1. The molecule has 128 valence electrons. The molecule has 4 rings (SSSR count). The first kappa shape index (κ1) is 15.9. The normalized spacial score (nSPS) is 15.3. The molecular weight excluding hydrogens is 310 g/mol. The number of aryl methyl sites for hydroxylation is 1. The first-order valence-electron chi connectivity index (χ1n) is 9.07. The molecule has 4 nitrogen and oxygen atoms in total. The minimum atomic E-state index is 0.147. The zero-order valence-electron chi connectivity index (χ0n) is 14.6. The number of aromatic nitrogens is 2. The van der Waals surface area contributed by atoms with E-state index in [1.807, 2.05) is 35.2 Å². The maximum absolute atomic E-state index is 12.7. The lowest BCUT2D eigenvalue weighted by Gasteiger charge is -2.20. The second-order valence-corrected chi connectivity index (χ2v) is 6.89. The highest BCUT2D eigenvalue weighted by atomic mass is 16.2. The molecule has 2 heterocycles. The Labute approximate surface area is 147 Å². The van der Waals surface area contributed by atoms with Crippen LogP contribution in [-0.4, -0.2) is 33.9 Å². The maximum Gasteiger partial charge on any atom is 0.253 e. The molecule has 3 aromatic rings. The number of benzene rings is 2. The predicted octanol–water partition coefficient (Wildman–Crippen LogP) is 4.55. The SMILES string of the molecule is Cc1ccc2nc(-c3ccc(C(=O)N4CCCCCC4)cc3)[nH]c2c1. The van der Waals surface area contributed by atoms with E-state index in [2.05, 4.69) is 29.0 Å². The Balaban J connectivity index is 1.57. The molecule has 1 amide bonds. The highest BCUT2D eigenvalue weighted by Crippen LogP contribution is 2.22. The van der Waals surface area contributed by atoms with Gasteiger partial charge in [-0.1, -0.05) is 31.0 Å². The van der Waals surface area contributed by atoms with Crippen molar-refractivity contribution >= 4 is 16.9 Å². The summed E-state index contributed by atoms with van der Waals surface area (Å²) in [7, 11) is 0. The van der Waals surface area contributed by atoms with Crippen LogP contribution in [0.5, 0.6) is 0 Å². The van der Waals surface area contributed by atoms with Crippen molar-refractivity contribution in [2.24, 2.45) is 0 Å². The highest BCUT2D eigenvalue weighted by Gasteiger charge is 2.17. The van der Waals surface area contributed by atoms with Crippen LogP contribution in [0.4, 0.5) is 0 Å². The number of nitrogens with zero attached hydrogens (tertiary/aromatic N) is 2. The number of hydrogen-bond acceptors (Lipinski definition) is 2. The minimum Gasteiger partial charge on any atom is -0.339 e. The smallest absolute Gasteiger partial charge is 0.253 e. The van der Waals surface area contributed by atoms with Crippen molar-refractivity contribution in [3.63, 3.8) is 0 Å². The Bertz CT molecular complexity index is 887. The number of likely N-dealkylation sites (tertiary alicyclic amines) is 1. The van der Waals surface area contributed by atoms with Crippen molar-refractivity contribution in [1.82, 2.24) is 14.9 Å². The topological polar surface area (TPSA) is 49.0 Å². The second-order valence-electron chi connectivity index (χ2n) is 6.89. The Morgan fingerprint density at radius 3 is 2.44 bits per heavy atom. The summed E-state index contributed by atoms with van der Waals surface area (Å²) in [6, 6.07) is 14.0. The van der Waals surface area contributed by atoms with Gasteiger partial charge in [0.05, 0.1) is 11.0 Å². The van der Waals surface area contributed by atoms with Crippen molar-refractivity contribution in [3.05, 3.63) is 53.6 Å². The van der Waals surface area contributed by atoms with Gasteiger partial charge < -0.3 is 9.88 Å². The van der Waals surface area contributed by atoms with Crippen LogP contribution in [0, 0.1) is 6.92 Å². The number of hydrogen-bond donors (Lipinski definition) is 1. The Morgan fingerprint density at radius 2 is 1.72 bits per heavy atom. The van der Waals surface area contributed by atoms with E-state index in [1.165, 1.54) is 18.4 Å². The fourth-order valence-corrected chi connectivity index (χ4v) is 3.49. The first-order valence-corrected chi connectivity index (χ1v) is 9.07. The van der Waals surface area contributed by atoms with Gasteiger partial charge in [-0.15, -0.1) is 0 Å². The van der Waals surface area contributed by atoms with Gasteiger partial charge in [0.2, 0.25) is 0 Å². The first-order chi connectivity index (χ1) is 12.2. The number of H-pyrrole nitrogens is 1. The predicted molar refractivity (Wildman–Crippen MR) is 101 cm³/mol. The molecule has 1 fully saturated rings. The maximum atomic E-state index is 12.7. The molecule has 0 radical (unpaired) electrons. The van der Waals surface area contributed by atoms with Crippen LogP contribution in [0.2, 0.25) is 0 Å². The van der Waals surface area contributed by atoms with E-state index < -0.39 is 0 Å². The number of fused-ring (bicyclic) bond motifs is 1. The van der Waals surface area contributed by atoms with E-state index >= 15 is 0 Å². The van der Waals surface area contributed by atoms with Crippen LogP contribution in [0.1, 0.15) is 41.6 Å². The molecule has 2 aromatic carbocycles. The molecule has 0 atom stereocenters. The van der Waals surface area contributed by atoms with Gasteiger partial charge >= 0.3 is 0 Å². The fraction of sp³-hybridized carbons (Fsp3) is 0.333. The van der Waals surface area contributed by atoms with Gasteiger partial charge in [-0.05, 0) is 49.6 Å². The van der Waals surface area contributed by atoms with Gasteiger partial charge in [-0.3, -0.25) is 4.79 Å². The van der Waals surface area contributed by atoms with Crippen LogP contribution < -0.4 is 0 Å². The standard InChI is InChI=1S/C21H23N3O/c1-15-6-11-18-19(14-15)23-20(22-18)16-7-9-17(10-8-16)21(25)24-12-4-2-3-5-13-24/h6-11,14H,2-5,12-13H2,1H3,(H,22,23). The Hall–Kier alpha value is -2.62. The van der Waals surface area contributed by atoms with E-state index in [0.717, 1.165) is 53.9 Å². The minimum absolute atomic E-state index is 0.147. The number of imidazole rings is 1. The number of carbonyl (C=O) groups excluding carboxylic acids is 1. The average molecular weight is 333 g/mol. The summed E-state index contributed by atoms with van der Waals surface area (Å²) in [5, 5.41) is 0. The van der Waals surface area contributed by atoms with Crippen molar-refractivity contribution in [1.29, 1.82) is 0 Å². The summed E-state index contributed by atoms with van der Waals surface area (Å²) in [5.41, 5.74) is 4.98. The van der Waals surface area contributed by atoms with Gasteiger partial charge in [0.15, 0.2) is 0 Å². The van der Waals surface area contributed by atoms with Gasteiger partial charge in [-0.25, -0.2) is 4.98 Å². The molecule has 0 saturated carbocycles. The fourth-order valence-electron chi connectivity index (χ4n) is 3.49. The van der Waals surface area contributed by atoms with Crippen LogP contribution in [0.15, 0.2) is 42.5 Å². The highest BCUT2D eigenvalue weighted by molar-refractivity contribution is 5.94. The van der Waals surface area contributed by atoms with Crippen LogP contribution in [-0.2, 0) is 0 Å². The Morgan fingerprint density at radius 1 is 1.00 bits per heavy atom. The molecule has 1 N–H and O–H groups in total. The van der Waals surface area contributed by atoms with Gasteiger partial charge in [0, 0.05) is 24.2 Å². The van der Waals surface area contributed by atoms with Gasteiger partial charge in [-0.2, -0.15) is 0 Å². The Kier molecular flexibility index (Phi) is 4.26. The molecule has 1 saturated heterocycles. The average Bonchev–Trinajstić information content (AvgIpc) is 2.86. The molecule has 1 aliphatic heterocycles. The third-order valence-corrected chi connectivity index (χ3v) is 4.94. The quantitative estimate of drug-likeness (QED) is 0.747. The summed E-state index contributed by atoms with van der Waals surface area (Å²) in [6.45, 7) is 3.83. The largest absolute Gasteiger partial charge is 0.339 e. The van der Waals surface area contributed by atoms with E-state index in [9.17, 15) is 4.79 Å². The van der Waals surface area contributed by atoms with Crippen molar-refractivity contribution in [2.75, 3.05) is 13.1 Å². The van der Waals surface area contributed by atoms with Gasteiger partial charge in [0.25, 0.3) is 5.91 Å². The zero-order valence-corrected chi connectivity index (χ0v) is 14.6. The number of nitrogens with one attached hydrogen (secondary N) is 1. The lowest BCUT2D eigenvalue weighted by atomic mass is 10.1. The summed E-state index contributed by atoms with van der Waals surface area (Å²) < 4.78 is 0. The van der Waals surface area contributed by atoms with E-state index in [-0.39, 0.29) is 5.91 Å². The molecule has 0 bridgehead atoms. The van der Waals surface area contributed by atoms with E-state index in [4.69, 9.17) is 0 Å². The summed E-state index contributed by atoms with van der Waals surface area (Å²) >= 11 is 0. The lowest BCUT2D eigenvalue weighted by molar-refractivity contribution is 0.0761. The van der Waals surface area contributed by atoms with Crippen molar-refractivity contribution in [3.8, 4) is 11.4 Å². The van der Waals surface area contributed by atoms with Crippen LogP contribution in [0.25, 0.3) is 22.4 Å². The molecule has 1 aliphatic rings. The number of aromatic amines is 1. The molecule has 0 aliphatic carbocycles. The number of rotatable bonds is 2. The van der Waals surface area contributed by atoms with Crippen LogP contribution in [0.3, 0.4) is 0 Å². The third kappa shape index (κ3) is 3.29. The molecule has 1 aromatic heterocycles. The summed E-state index contributed by atoms with van der Waals surface area (Å²) in [4.78, 5) is 22.7. The third-order valence-electron chi connectivity index (χ3n) is 4.94. The summed E-state index contributed by atoms with van der Waals surface area (Å²) in [6.07, 6.45) is 4.69. The van der Waals surface area contributed by atoms with E-state index in [1.54, 1.807) is 0 Å². The molecule has 0 spiro atoms. The van der Waals surface area contributed by atoms with Crippen molar-refractivity contribution in [2.45, 2.75) is 32.6 Å². The molecular formula is C21H23N3O. The van der Waals surface area contributed by atoms with E-state index in [0.29, 0.717) is 0 Å². The lowest BCUT2D eigenvalue weighted by Crippen LogP contribution is -2.31. The zero-order chi connectivity index (χ0) is 17.2. The molecule has 0 unspecified atom stereocenters. The molecule has 4 heteroatoms. The second kappa shape index (κ2) is 6.71. The monoisotopic (exact) mass is 333 g/mol. The molecule has 25 heavy (non-hydrogen) atoms. The summed E-state index contributed by atoms with van der Waals surface area (Å²) in [5.74, 6) is 0.989. The van der Waals surface area contributed by atoms with Crippen LogP contribution >= 0.6 is 0 Å². The number of carbonyl (C=O) groups is 1. The van der Waals surface area contributed by atoms with Crippen molar-refractivity contribution < 1.29 is 4.79 Å².